The molecule has 6 nitrogen and oxygen atoms in total. The second kappa shape index (κ2) is 14.6. The molecule has 0 aromatic heterocycles. The van der Waals surface area contributed by atoms with Crippen LogP contribution in [0.2, 0.25) is 0 Å². The molecule has 0 aliphatic carbocycles. The molecule has 2 amide bonds. The Kier molecular flexibility index (Phi) is 11.4. The van der Waals surface area contributed by atoms with E-state index in [1.165, 1.54) is 25.7 Å². The summed E-state index contributed by atoms with van der Waals surface area (Å²) in [6.07, 6.45) is 8.36. The van der Waals surface area contributed by atoms with Crippen molar-refractivity contribution in [3.8, 4) is 0 Å². The van der Waals surface area contributed by atoms with E-state index in [1.807, 2.05) is 42.5 Å². The summed E-state index contributed by atoms with van der Waals surface area (Å²) in [5.41, 5.74) is 3.14. The second-order valence-corrected chi connectivity index (χ2v) is 8.00. The van der Waals surface area contributed by atoms with Crippen LogP contribution >= 0.6 is 0 Å². The standard InChI is InChI=1S/C27H34N2O4/c1-2-3-4-5-6-10-19-28-26(31)20-24(21-11-8-7-9-12-21)22-13-15-23(16-14-22)29-25(30)17-18-27(32)33/h7-9,11-16,20H,2-6,10,17-19H2,1H3,(H,28,31)(H,29,30)(H,32,33). The zero-order valence-electron chi connectivity index (χ0n) is 19.3. The summed E-state index contributed by atoms with van der Waals surface area (Å²) in [4.78, 5) is 35.1. The molecule has 0 aliphatic rings. The normalized spacial score (nSPS) is 11.1. The highest BCUT2D eigenvalue weighted by Crippen LogP contribution is 2.24. The molecule has 2 aromatic rings. The topological polar surface area (TPSA) is 95.5 Å². The average Bonchev–Trinajstić information content (AvgIpc) is 2.82. The highest BCUT2D eigenvalue weighted by molar-refractivity contribution is 5.99. The number of anilines is 1. The number of hydrogen-bond acceptors (Lipinski definition) is 3. The Morgan fingerprint density at radius 2 is 1.45 bits per heavy atom. The van der Waals surface area contributed by atoms with E-state index in [2.05, 4.69) is 17.6 Å². The van der Waals surface area contributed by atoms with Gasteiger partial charge >= 0.3 is 5.97 Å². The Hall–Kier alpha value is -3.41. The van der Waals surface area contributed by atoms with Gasteiger partial charge in [0.2, 0.25) is 11.8 Å². The molecule has 0 atom stereocenters. The molecule has 0 fully saturated rings. The van der Waals surface area contributed by atoms with Crippen molar-refractivity contribution in [3.63, 3.8) is 0 Å². The van der Waals surface area contributed by atoms with Gasteiger partial charge in [0.15, 0.2) is 0 Å². The van der Waals surface area contributed by atoms with Crippen LogP contribution in [0.1, 0.15) is 69.4 Å². The molecule has 2 aromatic carbocycles. The molecule has 0 unspecified atom stereocenters. The third-order valence-corrected chi connectivity index (χ3v) is 5.24. The number of aliphatic carboxylic acids is 1. The fourth-order valence-electron chi connectivity index (χ4n) is 3.43. The minimum Gasteiger partial charge on any atom is -0.481 e. The lowest BCUT2D eigenvalue weighted by Gasteiger charge is -2.11. The molecule has 0 saturated heterocycles. The Balaban J connectivity index is 2.03. The number of carbonyl (C=O) groups excluding carboxylic acids is 2. The number of hydrogen-bond donors (Lipinski definition) is 3. The lowest BCUT2D eigenvalue weighted by molar-refractivity contribution is -0.138. The van der Waals surface area contributed by atoms with E-state index in [9.17, 15) is 14.4 Å². The van der Waals surface area contributed by atoms with Crippen molar-refractivity contribution in [3.05, 3.63) is 71.8 Å². The lowest BCUT2D eigenvalue weighted by Crippen LogP contribution is -2.22. The fourth-order valence-corrected chi connectivity index (χ4v) is 3.43. The maximum Gasteiger partial charge on any atom is 0.303 e. The first kappa shape index (κ1) is 25.8. The summed E-state index contributed by atoms with van der Waals surface area (Å²) in [5, 5.41) is 14.4. The van der Waals surface area contributed by atoms with Gasteiger partial charge in [0.05, 0.1) is 6.42 Å². The van der Waals surface area contributed by atoms with Gasteiger partial charge in [-0.15, -0.1) is 0 Å². The van der Waals surface area contributed by atoms with E-state index in [0.29, 0.717) is 12.2 Å². The summed E-state index contributed by atoms with van der Waals surface area (Å²) in [7, 11) is 0. The van der Waals surface area contributed by atoms with Crippen molar-refractivity contribution in [2.45, 2.75) is 58.3 Å². The summed E-state index contributed by atoms with van der Waals surface area (Å²) in [5.74, 6) is -1.49. The number of rotatable bonds is 14. The average molecular weight is 451 g/mol. The molecule has 0 heterocycles. The molecule has 0 spiro atoms. The largest absolute Gasteiger partial charge is 0.481 e. The number of carbonyl (C=O) groups is 3. The second-order valence-electron chi connectivity index (χ2n) is 8.00. The molecule has 6 heteroatoms. The third-order valence-electron chi connectivity index (χ3n) is 5.24. The van der Waals surface area contributed by atoms with E-state index >= 15 is 0 Å². The van der Waals surface area contributed by atoms with Gasteiger partial charge < -0.3 is 15.7 Å². The Morgan fingerprint density at radius 1 is 0.818 bits per heavy atom. The molecule has 3 N–H and O–H groups in total. The van der Waals surface area contributed by atoms with Gasteiger partial charge in [0.25, 0.3) is 0 Å². The first-order chi connectivity index (χ1) is 16.0. The summed E-state index contributed by atoms with van der Waals surface area (Å²) in [6.45, 7) is 2.85. The van der Waals surface area contributed by atoms with Gasteiger partial charge in [-0.3, -0.25) is 14.4 Å². The summed E-state index contributed by atoms with van der Waals surface area (Å²) >= 11 is 0. The summed E-state index contributed by atoms with van der Waals surface area (Å²) < 4.78 is 0. The number of benzene rings is 2. The molecular formula is C27H34N2O4. The molecular weight excluding hydrogens is 416 g/mol. The number of nitrogens with one attached hydrogen (secondary N) is 2. The van der Waals surface area contributed by atoms with Crippen LogP contribution in [-0.2, 0) is 14.4 Å². The van der Waals surface area contributed by atoms with E-state index in [-0.39, 0.29) is 24.7 Å². The predicted molar refractivity (Wildman–Crippen MR) is 132 cm³/mol. The Labute approximate surface area is 196 Å². The van der Waals surface area contributed by atoms with Crippen LogP contribution in [0.15, 0.2) is 60.7 Å². The molecule has 0 bridgehead atoms. The minimum atomic E-state index is -1.01. The van der Waals surface area contributed by atoms with Crippen molar-refractivity contribution >= 4 is 29.0 Å². The number of carboxylic acids is 1. The van der Waals surface area contributed by atoms with Crippen molar-refractivity contribution in [1.29, 1.82) is 0 Å². The number of unbranched alkanes of at least 4 members (excludes halogenated alkanes) is 5. The SMILES string of the molecule is CCCCCCCCNC(=O)C=C(c1ccccc1)c1ccc(NC(=O)CCC(=O)O)cc1. The highest BCUT2D eigenvalue weighted by atomic mass is 16.4. The molecule has 0 radical (unpaired) electrons. The Morgan fingerprint density at radius 3 is 2.12 bits per heavy atom. The van der Waals surface area contributed by atoms with Gasteiger partial charge in [-0.2, -0.15) is 0 Å². The highest BCUT2D eigenvalue weighted by Gasteiger charge is 2.10. The minimum absolute atomic E-state index is 0.0783. The van der Waals surface area contributed by atoms with E-state index < -0.39 is 5.97 Å². The number of carboxylic acid groups (broad SMARTS) is 1. The van der Waals surface area contributed by atoms with Gasteiger partial charge in [-0.1, -0.05) is 81.5 Å². The summed E-state index contributed by atoms with van der Waals surface area (Å²) in [6, 6.07) is 16.9. The molecule has 176 valence electrons. The Bertz CT molecular complexity index is 921. The van der Waals surface area contributed by atoms with Crippen molar-refractivity contribution in [1.82, 2.24) is 5.32 Å². The lowest BCUT2D eigenvalue weighted by atomic mass is 9.97. The number of amides is 2. The van der Waals surface area contributed by atoms with Crippen LogP contribution in [0.5, 0.6) is 0 Å². The molecule has 2 rings (SSSR count). The van der Waals surface area contributed by atoms with E-state index in [0.717, 1.165) is 29.5 Å². The van der Waals surface area contributed by atoms with Crippen molar-refractivity contribution in [2.24, 2.45) is 0 Å². The van der Waals surface area contributed by atoms with Crippen molar-refractivity contribution < 1.29 is 19.5 Å². The monoisotopic (exact) mass is 450 g/mol. The third kappa shape index (κ3) is 10.2. The van der Waals surface area contributed by atoms with Crippen LogP contribution in [-0.4, -0.2) is 29.4 Å². The van der Waals surface area contributed by atoms with Crippen molar-refractivity contribution in [2.75, 3.05) is 11.9 Å². The zero-order valence-corrected chi connectivity index (χ0v) is 19.3. The van der Waals surface area contributed by atoms with Crippen LogP contribution in [0.25, 0.3) is 5.57 Å². The quantitative estimate of drug-likeness (QED) is 0.265. The van der Waals surface area contributed by atoms with Crippen LogP contribution in [0.4, 0.5) is 5.69 Å². The van der Waals surface area contributed by atoms with Crippen LogP contribution < -0.4 is 10.6 Å². The van der Waals surface area contributed by atoms with Gasteiger partial charge in [-0.25, -0.2) is 0 Å². The van der Waals surface area contributed by atoms with E-state index in [4.69, 9.17) is 5.11 Å². The van der Waals surface area contributed by atoms with Gasteiger partial charge in [0.1, 0.15) is 0 Å². The molecule has 0 saturated carbocycles. The molecule has 0 aliphatic heterocycles. The maximum absolute atomic E-state index is 12.6. The predicted octanol–water partition coefficient (Wildman–Crippen LogP) is 5.40. The first-order valence-electron chi connectivity index (χ1n) is 11.7. The van der Waals surface area contributed by atoms with Crippen LogP contribution in [0.3, 0.4) is 0 Å². The van der Waals surface area contributed by atoms with Gasteiger partial charge in [-0.05, 0) is 35.3 Å². The zero-order chi connectivity index (χ0) is 23.9. The molecule has 33 heavy (non-hydrogen) atoms. The van der Waals surface area contributed by atoms with Gasteiger partial charge in [0, 0.05) is 24.7 Å². The fraction of sp³-hybridized carbons (Fsp3) is 0.370. The maximum atomic E-state index is 12.6. The van der Waals surface area contributed by atoms with E-state index in [1.54, 1.807) is 18.2 Å². The van der Waals surface area contributed by atoms with Crippen LogP contribution in [0, 0.1) is 0 Å². The smallest absolute Gasteiger partial charge is 0.303 e. The first-order valence-corrected chi connectivity index (χ1v) is 11.7.